The molecule has 0 aromatic rings. The highest BCUT2D eigenvalue weighted by molar-refractivity contribution is 5.69. The van der Waals surface area contributed by atoms with Crippen LogP contribution in [0.5, 0.6) is 0 Å². The summed E-state index contributed by atoms with van der Waals surface area (Å²) in [4.78, 5) is 10.9. The summed E-state index contributed by atoms with van der Waals surface area (Å²) in [7, 11) is 0. The van der Waals surface area contributed by atoms with Crippen molar-refractivity contribution in [3.8, 4) is 0 Å². The molecule has 2 aliphatic carbocycles. The summed E-state index contributed by atoms with van der Waals surface area (Å²) in [5.41, 5.74) is 0. The number of ether oxygens (including phenoxy) is 1. The van der Waals surface area contributed by atoms with Crippen molar-refractivity contribution in [2.75, 3.05) is 0 Å². The fourth-order valence-corrected chi connectivity index (χ4v) is 4.08. The van der Waals surface area contributed by atoms with Crippen molar-refractivity contribution in [2.45, 2.75) is 57.7 Å². The number of hydrogen-bond acceptors (Lipinski definition) is 2. The van der Waals surface area contributed by atoms with Crippen LogP contribution in [0.25, 0.3) is 0 Å². The second-order valence-electron chi connectivity index (χ2n) is 6.30. The molecule has 0 aromatic heterocycles. The van der Waals surface area contributed by atoms with Crippen LogP contribution in [0, 0.1) is 23.7 Å². The molecule has 1 N–H and O–H groups in total. The normalized spacial score (nSPS) is 49.5. The topological polar surface area (TPSA) is 49.8 Å². The summed E-state index contributed by atoms with van der Waals surface area (Å²) < 4.78 is 5.68. The van der Waals surface area contributed by atoms with E-state index in [0.717, 1.165) is 43.4 Å². The quantitative estimate of drug-likeness (QED) is 0.752. The predicted octanol–water partition coefficient (Wildman–Crippen LogP) is 2.69. The lowest BCUT2D eigenvalue weighted by Gasteiger charge is -2.35. The van der Waals surface area contributed by atoms with E-state index in [2.05, 4.69) is 6.92 Å². The Morgan fingerprint density at radius 2 is 1.82 bits per heavy atom. The summed E-state index contributed by atoms with van der Waals surface area (Å²) in [6, 6.07) is 0. The predicted molar refractivity (Wildman–Crippen MR) is 63.6 cm³/mol. The van der Waals surface area contributed by atoms with E-state index in [1.807, 2.05) is 0 Å². The maximum absolute atomic E-state index is 10.9. The van der Waals surface area contributed by atoms with Crippen molar-refractivity contribution in [1.82, 2.24) is 0 Å². The van der Waals surface area contributed by atoms with Crippen molar-refractivity contribution in [1.29, 1.82) is 0 Å². The second kappa shape index (κ2) is 4.27. The van der Waals surface area contributed by atoms with Crippen LogP contribution in [0.4, 0.5) is 0 Å². The molecule has 1 aliphatic heterocycles. The van der Waals surface area contributed by atoms with Gasteiger partial charge in [0.15, 0.2) is 0 Å². The number of hydrogen-bond donors (Lipinski definition) is 1. The van der Waals surface area contributed by atoms with Crippen LogP contribution in [0.1, 0.15) is 45.4 Å². The minimum atomic E-state index is -0.592. The molecule has 3 aliphatic rings. The number of epoxide rings is 1. The van der Waals surface area contributed by atoms with Gasteiger partial charge in [0, 0.05) is 0 Å². The molecular formula is C14H22O3. The van der Waals surface area contributed by atoms with E-state index in [0.29, 0.717) is 12.2 Å². The first kappa shape index (κ1) is 11.5. The van der Waals surface area contributed by atoms with Crippen LogP contribution in [0.15, 0.2) is 0 Å². The largest absolute Gasteiger partial charge is 0.481 e. The molecule has 1 heterocycles. The van der Waals surface area contributed by atoms with Gasteiger partial charge in [0.05, 0.1) is 18.1 Å². The van der Waals surface area contributed by atoms with Crippen molar-refractivity contribution < 1.29 is 14.6 Å². The highest BCUT2D eigenvalue weighted by Gasteiger charge is 2.50. The van der Waals surface area contributed by atoms with Gasteiger partial charge in [-0.05, 0) is 56.3 Å². The van der Waals surface area contributed by atoms with Gasteiger partial charge in [-0.3, -0.25) is 4.79 Å². The van der Waals surface area contributed by atoms with Gasteiger partial charge < -0.3 is 9.84 Å². The molecule has 3 rings (SSSR count). The molecule has 96 valence electrons. The first-order valence-electron chi connectivity index (χ1n) is 7.03. The lowest BCUT2D eigenvalue weighted by Crippen LogP contribution is -2.30. The average Bonchev–Trinajstić information content (AvgIpc) is 3.09. The third-order valence-corrected chi connectivity index (χ3v) is 5.18. The standard InChI is InChI=1S/C14H22O3/c1-8-6-11(7-12-13(8)17-12)9-2-4-10(5-3-9)14(15)16/h8-13H,2-7H2,1H3,(H,15,16). The van der Waals surface area contributed by atoms with Crippen LogP contribution < -0.4 is 0 Å². The molecule has 0 aromatic carbocycles. The smallest absolute Gasteiger partial charge is 0.306 e. The molecule has 4 unspecified atom stereocenters. The Hall–Kier alpha value is -0.570. The van der Waals surface area contributed by atoms with Crippen LogP contribution >= 0.6 is 0 Å². The molecule has 3 nitrogen and oxygen atoms in total. The van der Waals surface area contributed by atoms with Gasteiger partial charge in [-0.1, -0.05) is 6.92 Å². The molecule has 3 heteroatoms. The minimum absolute atomic E-state index is 0.0720. The van der Waals surface area contributed by atoms with Gasteiger partial charge in [-0.25, -0.2) is 0 Å². The molecule has 17 heavy (non-hydrogen) atoms. The zero-order valence-corrected chi connectivity index (χ0v) is 10.5. The van der Waals surface area contributed by atoms with Crippen molar-refractivity contribution in [2.24, 2.45) is 23.7 Å². The van der Waals surface area contributed by atoms with Gasteiger partial charge in [0.2, 0.25) is 0 Å². The number of carbonyl (C=O) groups is 1. The Balaban J connectivity index is 1.54. The van der Waals surface area contributed by atoms with Gasteiger partial charge in [-0.15, -0.1) is 0 Å². The van der Waals surface area contributed by atoms with Gasteiger partial charge >= 0.3 is 5.97 Å². The van der Waals surface area contributed by atoms with E-state index in [9.17, 15) is 4.79 Å². The number of rotatable bonds is 2. The molecule has 0 amide bonds. The fraction of sp³-hybridized carbons (Fsp3) is 0.929. The van der Waals surface area contributed by atoms with E-state index >= 15 is 0 Å². The molecular weight excluding hydrogens is 216 g/mol. The monoisotopic (exact) mass is 238 g/mol. The summed E-state index contributed by atoms with van der Waals surface area (Å²) in [6.07, 6.45) is 7.64. The summed E-state index contributed by atoms with van der Waals surface area (Å²) >= 11 is 0. The van der Waals surface area contributed by atoms with Gasteiger partial charge in [0.25, 0.3) is 0 Å². The molecule has 0 radical (unpaired) electrons. The lowest BCUT2D eigenvalue weighted by atomic mass is 9.69. The lowest BCUT2D eigenvalue weighted by molar-refractivity contribution is -0.143. The molecule has 2 saturated carbocycles. The van der Waals surface area contributed by atoms with Crippen LogP contribution in [0.2, 0.25) is 0 Å². The summed E-state index contributed by atoms with van der Waals surface area (Å²) in [5.74, 6) is 1.61. The van der Waals surface area contributed by atoms with Crippen LogP contribution in [-0.4, -0.2) is 23.3 Å². The number of carboxylic acid groups (broad SMARTS) is 1. The summed E-state index contributed by atoms with van der Waals surface area (Å²) in [5, 5.41) is 9.01. The Morgan fingerprint density at radius 1 is 1.12 bits per heavy atom. The molecule has 0 spiro atoms. The third-order valence-electron chi connectivity index (χ3n) is 5.18. The molecule has 4 atom stereocenters. The van der Waals surface area contributed by atoms with E-state index in [4.69, 9.17) is 9.84 Å². The number of carboxylic acids is 1. The number of fused-ring (bicyclic) bond motifs is 1. The van der Waals surface area contributed by atoms with Gasteiger partial charge in [0.1, 0.15) is 0 Å². The average molecular weight is 238 g/mol. The van der Waals surface area contributed by atoms with Crippen molar-refractivity contribution >= 4 is 5.97 Å². The van der Waals surface area contributed by atoms with Gasteiger partial charge in [-0.2, -0.15) is 0 Å². The summed E-state index contributed by atoms with van der Waals surface area (Å²) in [6.45, 7) is 2.31. The van der Waals surface area contributed by atoms with Crippen LogP contribution in [-0.2, 0) is 9.53 Å². The highest BCUT2D eigenvalue weighted by Crippen LogP contribution is 2.48. The Labute approximate surface area is 103 Å². The first-order chi connectivity index (χ1) is 8.15. The minimum Gasteiger partial charge on any atom is -0.481 e. The SMILES string of the molecule is CC1CC(C2CCC(C(=O)O)CC2)CC2OC12. The maximum atomic E-state index is 10.9. The molecule has 3 fully saturated rings. The van der Waals surface area contributed by atoms with E-state index in [1.165, 1.54) is 12.8 Å². The third kappa shape index (κ3) is 2.22. The van der Waals surface area contributed by atoms with Crippen molar-refractivity contribution in [3.05, 3.63) is 0 Å². The Morgan fingerprint density at radius 3 is 2.41 bits per heavy atom. The van der Waals surface area contributed by atoms with Crippen LogP contribution in [0.3, 0.4) is 0 Å². The Kier molecular flexibility index (Phi) is 2.89. The zero-order valence-electron chi connectivity index (χ0n) is 10.5. The van der Waals surface area contributed by atoms with E-state index < -0.39 is 5.97 Å². The maximum Gasteiger partial charge on any atom is 0.306 e. The molecule has 1 saturated heterocycles. The fourth-order valence-electron chi connectivity index (χ4n) is 4.08. The molecule has 0 bridgehead atoms. The van der Waals surface area contributed by atoms with E-state index in [1.54, 1.807) is 0 Å². The number of aliphatic carboxylic acids is 1. The zero-order chi connectivity index (χ0) is 12.0. The highest BCUT2D eigenvalue weighted by atomic mass is 16.6. The Bertz CT molecular complexity index is 307. The second-order valence-corrected chi connectivity index (χ2v) is 6.30. The van der Waals surface area contributed by atoms with Crippen molar-refractivity contribution in [3.63, 3.8) is 0 Å². The first-order valence-corrected chi connectivity index (χ1v) is 7.03. The van der Waals surface area contributed by atoms with E-state index in [-0.39, 0.29) is 5.92 Å².